The maximum absolute atomic E-state index is 2.28. The third kappa shape index (κ3) is 4.75. The Bertz CT molecular complexity index is 563. The van der Waals surface area contributed by atoms with Gasteiger partial charge in [0.2, 0.25) is 0 Å². The van der Waals surface area contributed by atoms with E-state index in [0.717, 1.165) is 0 Å². The van der Waals surface area contributed by atoms with Crippen molar-refractivity contribution in [3.63, 3.8) is 0 Å². The molecular formula is C21H21Sb. The van der Waals surface area contributed by atoms with Crippen LogP contribution in [0.25, 0.3) is 0 Å². The Labute approximate surface area is 140 Å². The van der Waals surface area contributed by atoms with Crippen LogP contribution < -0.4 is 0 Å². The summed E-state index contributed by atoms with van der Waals surface area (Å²) in [4.78, 5) is 0. The van der Waals surface area contributed by atoms with Gasteiger partial charge in [0.15, 0.2) is 0 Å². The van der Waals surface area contributed by atoms with Crippen LogP contribution in [0.4, 0.5) is 0 Å². The Morgan fingerprint density at radius 2 is 0.682 bits per heavy atom. The van der Waals surface area contributed by atoms with Crippen LogP contribution in [0.2, 0.25) is 0 Å². The van der Waals surface area contributed by atoms with Gasteiger partial charge in [-0.3, -0.25) is 0 Å². The molecule has 0 amide bonds. The summed E-state index contributed by atoms with van der Waals surface area (Å²) in [5, 5.41) is 0. The quantitative estimate of drug-likeness (QED) is 0.525. The first-order valence-electron chi connectivity index (χ1n) is 7.74. The molecule has 3 aromatic carbocycles. The average Bonchev–Trinajstić information content (AvgIpc) is 2.57. The standard InChI is InChI=1S/3C7H7.Sb/c3*1-7-5-3-2-4-6-7;/h3*2-6H,1H2;. The molecule has 0 fully saturated rings. The second kappa shape index (κ2) is 8.20. The van der Waals surface area contributed by atoms with Gasteiger partial charge in [-0.1, -0.05) is 0 Å². The van der Waals surface area contributed by atoms with Crippen LogP contribution in [0.3, 0.4) is 0 Å². The van der Waals surface area contributed by atoms with Gasteiger partial charge in [0.1, 0.15) is 0 Å². The van der Waals surface area contributed by atoms with E-state index in [1.54, 1.807) is 0 Å². The summed E-state index contributed by atoms with van der Waals surface area (Å²) in [5.41, 5.74) is 4.53. The van der Waals surface area contributed by atoms with Gasteiger partial charge in [-0.25, -0.2) is 0 Å². The molecule has 110 valence electrons. The number of hydrogen-bond donors (Lipinski definition) is 0. The molecule has 1 heteroatoms. The van der Waals surface area contributed by atoms with Gasteiger partial charge in [-0.2, -0.15) is 0 Å². The Balaban J connectivity index is 1.75. The molecule has 0 bridgehead atoms. The summed E-state index contributed by atoms with van der Waals surface area (Å²) in [6.07, 6.45) is 0. The van der Waals surface area contributed by atoms with E-state index >= 15 is 0 Å². The second-order valence-corrected chi connectivity index (χ2v) is 12.1. The van der Waals surface area contributed by atoms with Gasteiger partial charge in [-0.15, -0.1) is 0 Å². The van der Waals surface area contributed by atoms with Crippen LogP contribution in [0, 0.1) is 0 Å². The Hall–Kier alpha value is -1.52. The molecule has 3 aromatic rings. The predicted molar refractivity (Wildman–Crippen MR) is 96.2 cm³/mol. The molecule has 0 aliphatic carbocycles. The van der Waals surface area contributed by atoms with E-state index in [-0.39, 0.29) is 0 Å². The summed E-state index contributed by atoms with van der Waals surface area (Å²) in [7, 11) is 0. The van der Waals surface area contributed by atoms with Crippen LogP contribution in [0.5, 0.6) is 0 Å². The third-order valence-electron chi connectivity index (χ3n) is 3.75. The van der Waals surface area contributed by atoms with Crippen molar-refractivity contribution >= 4 is 20.2 Å². The molecule has 22 heavy (non-hydrogen) atoms. The van der Waals surface area contributed by atoms with E-state index in [0.29, 0.717) is 0 Å². The molecule has 0 spiro atoms. The van der Waals surface area contributed by atoms with Crippen molar-refractivity contribution in [1.29, 1.82) is 0 Å². The van der Waals surface area contributed by atoms with Crippen molar-refractivity contribution in [1.82, 2.24) is 0 Å². The van der Waals surface area contributed by atoms with E-state index in [1.807, 2.05) is 0 Å². The van der Waals surface area contributed by atoms with Crippen LogP contribution >= 0.6 is 0 Å². The topological polar surface area (TPSA) is 0 Å². The molecule has 3 rings (SSSR count). The van der Waals surface area contributed by atoms with Gasteiger partial charge < -0.3 is 0 Å². The molecule has 0 nitrogen and oxygen atoms in total. The van der Waals surface area contributed by atoms with Crippen molar-refractivity contribution in [3.8, 4) is 0 Å². The van der Waals surface area contributed by atoms with Crippen LogP contribution in [-0.2, 0) is 13.1 Å². The summed E-state index contributed by atoms with van der Waals surface area (Å²) in [6, 6.07) is 33.0. The minimum atomic E-state index is -1.41. The zero-order valence-electron chi connectivity index (χ0n) is 12.7. The fraction of sp³-hybridized carbons (Fsp3) is 0.143. The predicted octanol–water partition coefficient (Wildman–Crippen LogP) is 4.83. The Morgan fingerprint density at radius 1 is 0.409 bits per heavy atom. The second-order valence-electron chi connectivity index (χ2n) is 5.60. The molecule has 0 aromatic heterocycles. The molecule has 0 radical (unpaired) electrons. The number of rotatable bonds is 6. The zero-order chi connectivity index (χ0) is 15.0. The van der Waals surface area contributed by atoms with E-state index < -0.39 is 20.2 Å². The molecule has 0 aliphatic heterocycles. The van der Waals surface area contributed by atoms with Gasteiger partial charge in [0.05, 0.1) is 0 Å². The molecule has 0 saturated carbocycles. The van der Waals surface area contributed by atoms with E-state index in [2.05, 4.69) is 91.0 Å². The van der Waals surface area contributed by atoms with E-state index in [1.165, 1.54) is 29.8 Å². The van der Waals surface area contributed by atoms with Gasteiger partial charge >= 0.3 is 141 Å². The minimum absolute atomic E-state index is 1.31. The molecule has 0 N–H and O–H groups in total. The number of benzene rings is 3. The summed E-state index contributed by atoms with van der Waals surface area (Å²) in [6.45, 7) is 0. The fourth-order valence-electron chi connectivity index (χ4n) is 2.69. The van der Waals surface area contributed by atoms with E-state index in [4.69, 9.17) is 0 Å². The zero-order valence-corrected chi connectivity index (χ0v) is 15.3. The molecule has 0 heterocycles. The summed E-state index contributed by atoms with van der Waals surface area (Å²) in [5.74, 6) is 0. The van der Waals surface area contributed by atoms with Crippen LogP contribution in [0.1, 0.15) is 16.7 Å². The molecule has 0 atom stereocenters. The first-order chi connectivity index (χ1) is 10.9. The molecule has 0 aliphatic rings. The first kappa shape index (κ1) is 15.4. The van der Waals surface area contributed by atoms with Crippen molar-refractivity contribution < 1.29 is 0 Å². The number of hydrogen-bond acceptors (Lipinski definition) is 0. The SMILES string of the molecule is c1ccc([CH2][Sb]([CH2]c2ccccc2)[CH2]c2ccccc2)cc1. The van der Waals surface area contributed by atoms with Crippen molar-refractivity contribution in [2.75, 3.05) is 0 Å². The average molecular weight is 395 g/mol. The first-order valence-corrected chi connectivity index (χ1v) is 13.2. The van der Waals surface area contributed by atoms with Crippen molar-refractivity contribution in [2.45, 2.75) is 13.1 Å². The summed E-state index contributed by atoms with van der Waals surface area (Å²) < 4.78 is 3.94. The normalized spacial score (nSPS) is 10.8. The molecule has 0 saturated heterocycles. The maximum atomic E-state index is 2.28. The van der Waals surface area contributed by atoms with E-state index in [9.17, 15) is 0 Å². The van der Waals surface area contributed by atoms with Gasteiger partial charge in [0.25, 0.3) is 0 Å². The van der Waals surface area contributed by atoms with Crippen molar-refractivity contribution in [2.24, 2.45) is 0 Å². The molecular weight excluding hydrogens is 374 g/mol. The monoisotopic (exact) mass is 394 g/mol. The third-order valence-corrected chi connectivity index (χ3v) is 10.7. The Morgan fingerprint density at radius 3 is 0.955 bits per heavy atom. The van der Waals surface area contributed by atoms with Gasteiger partial charge in [0, 0.05) is 0 Å². The van der Waals surface area contributed by atoms with Crippen molar-refractivity contribution in [3.05, 3.63) is 108 Å². The summed E-state index contributed by atoms with van der Waals surface area (Å²) >= 11 is -1.41. The molecule has 0 unspecified atom stereocenters. The van der Waals surface area contributed by atoms with Gasteiger partial charge in [-0.05, 0) is 0 Å². The van der Waals surface area contributed by atoms with Crippen LogP contribution in [-0.4, -0.2) is 20.2 Å². The fourth-order valence-corrected chi connectivity index (χ4v) is 9.88. The van der Waals surface area contributed by atoms with Crippen LogP contribution in [0.15, 0.2) is 91.0 Å². The Kier molecular flexibility index (Phi) is 5.73.